The molecule has 3 amide bonds. The molecule has 5 nitrogen and oxygen atoms in total. The third-order valence-corrected chi connectivity index (χ3v) is 4.52. The molecule has 0 fully saturated rings. The number of amides is 3. The maximum atomic E-state index is 12.9. The summed E-state index contributed by atoms with van der Waals surface area (Å²) in [6.45, 7) is 7.24. The second-order valence-corrected chi connectivity index (χ2v) is 6.36. The molecule has 2 aliphatic rings. The first kappa shape index (κ1) is 16.6. The minimum Gasteiger partial charge on any atom is -0.333 e. The molecule has 0 aromatic heterocycles. The van der Waals surface area contributed by atoms with E-state index in [0.29, 0.717) is 30.2 Å². The van der Waals surface area contributed by atoms with Crippen molar-refractivity contribution in [1.29, 1.82) is 0 Å². The van der Waals surface area contributed by atoms with Crippen LogP contribution in [0, 0.1) is 0 Å². The van der Waals surface area contributed by atoms with Crippen LogP contribution in [0.4, 0.5) is 4.79 Å². The van der Waals surface area contributed by atoms with Gasteiger partial charge in [-0.25, -0.2) is 4.79 Å². The van der Waals surface area contributed by atoms with E-state index >= 15 is 0 Å². The largest absolute Gasteiger partial charge is 0.333 e. The van der Waals surface area contributed by atoms with E-state index in [4.69, 9.17) is 11.6 Å². The Hall–Kier alpha value is -2.27. The Morgan fingerprint density at radius 3 is 2.88 bits per heavy atom. The second-order valence-electron chi connectivity index (χ2n) is 5.92. The molecular weight excluding hydrogens is 326 g/mol. The van der Waals surface area contributed by atoms with Crippen molar-refractivity contribution >= 4 is 23.5 Å². The molecule has 0 aliphatic carbocycles. The summed E-state index contributed by atoms with van der Waals surface area (Å²) in [5, 5.41) is 3.51. The number of halogens is 1. The molecule has 1 aromatic rings. The van der Waals surface area contributed by atoms with Crippen molar-refractivity contribution in [3.63, 3.8) is 0 Å². The van der Waals surface area contributed by atoms with Gasteiger partial charge in [0, 0.05) is 18.1 Å². The van der Waals surface area contributed by atoms with E-state index in [1.165, 1.54) is 0 Å². The van der Waals surface area contributed by atoms with Gasteiger partial charge in [-0.3, -0.25) is 9.69 Å². The zero-order valence-corrected chi connectivity index (χ0v) is 14.3. The van der Waals surface area contributed by atoms with Gasteiger partial charge in [0.25, 0.3) is 5.91 Å². The van der Waals surface area contributed by atoms with Crippen molar-refractivity contribution < 1.29 is 9.59 Å². The van der Waals surface area contributed by atoms with Crippen molar-refractivity contribution in [2.45, 2.75) is 19.4 Å². The molecule has 0 saturated carbocycles. The molecule has 3 rings (SSSR count). The van der Waals surface area contributed by atoms with E-state index in [-0.39, 0.29) is 11.9 Å². The van der Waals surface area contributed by atoms with E-state index < -0.39 is 6.04 Å². The third kappa shape index (κ3) is 2.80. The number of rotatable bonds is 5. The Kier molecular flexibility index (Phi) is 4.62. The van der Waals surface area contributed by atoms with Gasteiger partial charge in [0.05, 0.1) is 23.9 Å². The highest BCUT2D eigenvalue weighted by atomic mass is 35.5. The Balaban J connectivity index is 2.06. The third-order valence-electron chi connectivity index (χ3n) is 4.28. The molecule has 1 aromatic carbocycles. The van der Waals surface area contributed by atoms with Gasteiger partial charge in [-0.1, -0.05) is 36.7 Å². The summed E-state index contributed by atoms with van der Waals surface area (Å²) >= 11 is 6.09. The normalized spacial score (nSPS) is 20.3. The van der Waals surface area contributed by atoms with Gasteiger partial charge in [-0.05, 0) is 24.1 Å². The van der Waals surface area contributed by atoms with Crippen LogP contribution in [-0.2, 0) is 4.79 Å². The van der Waals surface area contributed by atoms with Crippen LogP contribution in [0.15, 0.2) is 48.2 Å². The summed E-state index contributed by atoms with van der Waals surface area (Å²) < 4.78 is 0. The second kappa shape index (κ2) is 6.69. The maximum Gasteiger partial charge on any atom is 0.322 e. The first-order chi connectivity index (χ1) is 11.6. The predicted octanol–water partition coefficient (Wildman–Crippen LogP) is 3.10. The average Bonchev–Trinajstić information content (AvgIpc) is 2.87. The number of carbonyl (C=O) groups is 2. The fourth-order valence-electron chi connectivity index (χ4n) is 3.26. The van der Waals surface area contributed by atoms with Crippen molar-refractivity contribution in [2.24, 2.45) is 0 Å². The molecule has 0 spiro atoms. The molecule has 24 heavy (non-hydrogen) atoms. The monoisotopic (exact) mass is 345 g/mol. The number of urea groups is 1. The molecular formula is C18H20ClN3O2. The van der Waals surface area contributed by atoms with Crippen LogP contribution < -0.4 is 5.32 Å². The van der Waals surface area contributed by atoms with E-state index in [0.717, 1.165) is 17.7 Å². The maximum absolute atomic E-state index is 12.9. The lowest BCUT2D eigenvalue weighted by atomic mass is 9.95. The topological polar surface area (TPSA) is 52.7 Å². The highest BCUT2D eigenvalue weighted by molar-refractivity contribution is 6.30. The first-order valence-electron chi connectivity index (χ1n) is 8.03. The fourth-order valence-corrected chi connectivity index (χ4v) is 3.46. The fraction of sp³-hybridized carbons (Fsp3) is 0.333. The van der Waals surface area contributed by atoms with E-state index in [1.807, 2.05) is 19.1 Å². The van der Waals surface area contributed by atoms with Crippen LogP contribution in [0.3, 0.4) is 0 Å². The van der Waals surface area contributed by atoms with Gasteiger partial charge >= 0.3 is 6.03 Å². The lowest BCUT2D eigenvalue weighted by Crippen LogP contribution is -2.47. The summed E-state index contributed by atoms with van der Waals surface area (Å²) in [7, 11) is 0. The van der Waals surface area contributed by atoms with Gasteiger partial charge in [0.1, 0.15) is 0 Å². The summed E-state index contributed by atoms with van der Waals surface area (Å²) in [6, 6.07) is 6.57. The molecule has 0 radical (unpaired) electrons. The Morgan fingerprint density at radius 1 is 1.42 bits per heavy atom. The average molecular weight is 346 g/mol. The van der Waals surface area contributed by atoms with Crippen molar-refractivity contribution in [3.05, 3.63) is 58.8 Å². The minimum absolute atomic E-state index is 0.0223. The highest BCUT2D eigenvalue weighted by Crippen LogP contribution is 2.36. The molecule has 2 heterocycles. The van der Waals surface area contributed by atoms with Crippen LogP contribution in [0.1, 0.15) is 24.9 Å². The number of carbonyl (C=O) groups excluding carboxylic acids is 2. The summed E-state index contributed by atoms with van der Waals surface area (Å²) in [4.78, 5) is 28.8. The van der Waals surface area contributed by atoms with Gasteiger partial charge in [0.15, 0.2) is 0 Å². The van der Waals surface area contributed by atoms with E-state index in [9.17, 15) is 9.59 Å². The molecule has 2 aliphatic heterocycles. The Bertz CT molecular complexity index is 729. The molecule has 0 saturated heterocycles. The molecule has 126 valence electrons. The van der Waals surface area contributed by atoms with Crippen LogP contribution in [0.5, 0.6) is 0 Å². The SMILES string of the molecule is C=CCN1C(=O)N[C@@H](c2cccc(Cl)c2)C2=C1CN(CCC)C2=O. The zero-order valence-electron chi connectivity index (χ0n) is 13.6. The molecule has 1 atom stereocenters. The molecule has 0 unspecified atom stereocenters. The van der Waals surface area contributed by atoms with Gasteiger partial charge in [-0.2, -0.15) is 0 Å². The van der Waals surface area contributed by atoms with Gasteiger partial charge < -0.3 is 10.2 Å². The Morgan fingerprint density at radius 2 is 2.21 bits per heavy atom. The quantitative estimate of drug-likeness (QED) is 0.834. The van der Waals surface area contributed by atoms with Crippen LogP contribution >= 0.6 is 11.6 Å². The Labute approximate surface area is 146 Å². The first-order valence-corrected chi connectivity index (χ1v) is 8.41. The smallest absolute Gasteiger partial charge is 0.322 e. The predicted molar refractivity (Wildman–Crippen MR) is 93.5 cm³/mol. The van der Waals surface area contributed by atoms with Crippen LogP contribution in [0.25, 0.3) is 0 Å². The standard InChI is InChI=1S/C18H20ClN3O2/c1-3-8-21-11-14-15(17(21)23)16(12-6-5-7-13(19)10-12)20-18(24)22(14)9-4-2/h4-7,10,16H,2-3,8-9,11H2,1H3,(H,20,24)/t16-/m0/s1. The molecule has 1 N–H and O–H groups in total. The lowest BCUT2D eigenvalue weighted by molar-refractivity contribution is -0.125. The van der Waals surface area contributed by atoms with E-state index in [2.05, 4.69) is 11.9 Å². The van der Waals surface area contributed by atoms with Crippen LogP contribution in [0.2, 0.25) is 5.02 Å². The number of hydrogen-bond acceptors (Lipinski definition) is 2. The minimum atomic E-state index is -0.471. The number of benzene rings is 1. The number of nitrogens with one attached hydrogen (secondary N) is 1. The van der Waals surface area contributed by atoms with Gasteiger partial charge in [0.2, 0.25) is 0 Å². The van der Waals surface area contributed by atoms with Crippen molar-refractivity contribution in [3.8, 4) is 0 Å². The summed E-state index contributed by atoms with van der Waals surface area (Å²) in [5.74, 6) is -0.0223. The lowest BCUT2D eigenvalue weighted by Gasteiger charge is -2.33. The highest BCUT2D eigenvalue weighted by Gasteiger charge is 2.43. The molecule has 0 bridgehead atoms. The number of hydrogen-bond donors (Lipinski definition) is 1. The van der Waals surface area contributed by atoms with Crippen LogP contribution in [-0.4, -0.2) is 41.4 Å². The molecule has 6 heteroatoms. The van der Waals surface area contributed by atoms with Gasteiger partial charge in [-0.15, -0.1) is 6.58 Å². The number of nitrogens with zero attached hydrogens (tertiary/aromatic N) is 2. The summed E-state index contributed by atoms with van der Waals surface area (Å²) in [6.07, 6.45) is 2.54. The van der Waals surface area contributed by atoms with Crippen molar-refractivity contribution in [1.82, 2.24) is 15.1 Å². The van der Waals surface area contributed by atoms with E-state index in [1.54, 1.807) is 28.0 Å². The van der Waals surface area contributed by atoms with Crippen molar-refractivity contribution in [2.75, 3.05) is 19.6 Å². The summed E-state index contributed by atoms with van der Waals surface area (Å²) in [5.41, 5.74) is 2.21. The zero-order chi connectivity index (χ0) is 17.3.